The lowest BCUT2D eigenvalue weighted by Crippen LogP contribution is -2.42. The largest absolute Gasteiger partial charge is 0.341 e. The maximum absolute atomic E-state index is 13.4. The molecule has 2 fully saturated rings. The Bertz CT molecular complexity index is 880. The molecule has 0 unspecified atom stereocenters. The standard InChI is InChI=1S/C24H28FN3O/c1-26-24(29)28-23-14-17-5-2-3-8-21(17)22(23)12-11-20-10-9-18(15-27-20)16-6-4-7-19(25)13-16/h4,6-7,9-13,15,17,21-23H,2-3,5,8,14H2,1H3,(H2,26,28,29)/t17-,21-,22+,23+/m1/s1. The lowest BCUT2D eigenvalue weighted by atomic mass is 9.78. The summed E-state index contributed by atoms with van der Waals surface area (Å²) in [5.74, 6) is 1.42. The first kappa shape index (κ1) is 19.6. The number of pyridine rings is 1. The van der Waals surface area contributed by atoms with Gasteiger partial charge in [0.15, 0.2) is 0 Å². The van der Waals surface area contributed by atoms with Crippen LogP contribution in [-0.4, -0.2) is 24.1 Å². The van der Waals surface area contributed by atoms with Crippen molar-refractivity contribution < 1.29 is 9.18 Å². The second kappa shape index (κ2) is 8.76. The van der Waals surface area contributed by atoms with E-state index in [9.17, 15) is 9.18 Å². The Hall–Kier alpha value is -2.69. The average molecular weight is 394 g/mol. The van der Waals surface area contributed by atoms with Crippen LogP contribution in [0.3, 0.4) is 0 Å². The van der Waals surface area contributed by atoms with Crippen molar-refractivity contribution in [2.75, 3.05) is 7.05 Å². The van der Waals surface area contributed by atoms with E-state index in [4.69, 9.17) is 0 Å². The van der Waals surface area contributed by atoms with Crippen molar-refractivity contribution in [1.29, 1.82) is 0 Å². The Kier molecular flexibility index (Phi) is 5.93. The summed E-state index contributed by atoms with van der Waals surface area (Å²) in [6.45, 7) is 0. The van der Waals surface area contributed by atoms with Gasteiger partial charge in [-0.2, -0.15) is 0 Å². The van der Waals surface area contributed by atoms with Gasteiger partial charge in [0.25, 0.3) is 0 Å². The van der Waals surface area contributed by atoms with Crippen LogP contribution in [0.15, 0.2) is 48.7 Å². The zero-order valence-electron chi connectivity index (χ0n) is 16.8. The molecule has 29 heavy (non-hydrogen) atoms. The molecule has 5 heteroatoms. The third kappa shape index (κ3) is 4.50. The van der Waals surface area contributed by atoms with Crippen molar-refractivity contribution in [1.82, 2.24) is 15.6 Å². The van der Waals surface area contributed by atoms with Crippen LogP contribution < -0.4 is 10.6 Å². The number of nitrogens with one attached hydrogen (secondary N) is 2. The highest BCUT2D eigenvalue weighted by molar-refractivity contribution is 5.74. The monoisotopic (exact) mass is 393 g/mol. The van der Waals surface area contributed by atoms with Gasteiger partial charge in [0.05, 0.1) is 5.69 Å². The zero-order chi connectivity index (χ0) is 20.2. The van der Waals surface area contributed by atoms with Gasteiger partial charge < -0.3 is 10.6 Å². The molecular weight excluding hydrogens is 365 g/mol. The van der Waals surface area contributed by atoms with Crippen LogP contribution in [0, 0.1) is 23.6 Å². The van der Waals surface area contributed by atoms with Crippen LogP contribution in [0.5, 0.6) is 0 Å². The summed E-state index contributed by atoms with van der Waals surface area (Å²) < 4.78 is 13.4. The predicted molar refractivity (Wildman–Crippen MR) is 114 cm³/mol. The number of aromatic nitrogens is 1. The second-order valence-corrected chi connectivity index (χ2v) is 8.19. The Morgan fingerprint density at radius 1 is 1.17 bits per heavy atom. The number of amides is 2. The molecule has 2 aromatic rings. The minimum absolute atomic E-state index is 0.107. The summed E-state index contributed by atoms with van der Waals surface area (Å²) >= 11 is 0. The number of carbonyl (C=O) groups is 1. The van der Waals surface area contributed by atoms with E-state index in [1.54, 1.807) is 19.3 Å². The number of hydrogen-bond acceptors (Lipinski definition) is 2. The highest BCUT2D eigenvalue weighted by Crippen LogP contribution is 2.46. The van der Waals surface area contributed by atoms with Gasteiger partial charge in [-0.1, -0.05) is 43.5 Å². The summed E-state index contributed by atoms with van der Waals surface area (Å²) in [7, 11) is 1.66. The minimum Gasteiger partial charge on any atom is -0.341 e. The second-order valence-electron chi connectivity index (χ2n) is 8.19. The quantitative estimate of drug-likeness (QED) is 0.766. The van der Waals surface area contributed by atoms with E-state index in [1.165, 1.54) is 37.8 Å². The van der Waals surface area contributed by atoms with Gasteiger partial charge in [-0.3, -0.25) is 4.98 Å². The van der Waals surface area contributed by atoms with Gasteiger partial charge in [0.1, 0.15) is 5.82 Å². The SMILES string of the molecule is CNC(=O)N[C@H]1C[C@H]2CCCC[C@H]2[C@@H]1C=Cc1ccc(-c2cccc(F)c2)cn1. The highest BCUT2D eigenvalue weighted by atomic mass is 19.1. The summed E-state index contributed by atoms with van der Waals surface area (Å²) in [5.41, 5.74) is 2.60. The van der Waals surface area contributed by atoms with Gasteiger partial charge in [0, 0.05) is 30.8 Å². The number of halogens is 1. The third-order valence-electron chi connectivity index (χ3n) is 6.46. The number of benzene rings is 1. The predicted octanol–water partition coefficient (Wildman–Crippen LogP) is 5.02. The molecule has 2 N–H and O–H groups in total. The topological polar surface area (TPSA) is 54.0 Å². The molecule has 4 nitrogen and oxygen atoms in total. The van der Waals surface area contributed by atoms with Crippen molar-refractivity contribution in [3.63, 3.8) is 0 Å². The molecule has 2 aliphatic rings. The van der Waals surface area contributed by atoms with E-state index in [0.29, 0.717) is 17.8 Å². The first-order valence-electron chi connectivity index (χ1n) is 10.5. The van der Waals surface area contributed by atoms with Crippen LogP contribution >= 0.6 is 0 Å². The first-order valence-corrected chi connectivity index (χ1v) is 10.5. The van der Waals surface area contributed by atoms with Gasteiger partial charge in [0.2, 0.25) is 0 Å². The molecule has 2 aliphatic carbocycles. The lowest BCUT2D eigenvalue weighted by Gasteiger charge is -2.28. The Labute approximate surface area is 171 Å². The highest BCUT2D eigenvalue weighted by Gasteiger charge is 2.43. The third-order valence-corrected chi connectivity index (χ3v) is 6.46. The molecule has 152 valence electrons. The molecule has 0 bridgehead atoms. The number of nitrogens with zero attached hydrogens (tertiary/aromatic N) is 1. The first-order chi connectivity index (χ1) is 14.1. The number of fused-ring (bicyclic) bond motifs is 1. The molecule has 1 aromatic carbocycles. The molecule has 0 saturated heterocycles. The van der Waals surface area contributed by atoms with E-state index in [1.807, 2.05) is 18.2 Å². The molecule has 1 aromatic heterocycles. The van der Waals surface area contributed by atoms with E-state index in [-0.39, 0.29) is 17.9 Å². The smallest absolute Gasteiger partial charge is 0.314 e. The Morgan fingerprint density at radius 3 is 2.79 bits per heavy atom. The fourth-order valence-corrected chi connectivity index (χ4v) is 5.04. The molecule has 4 atom stereocenters. The average Bonchev–Trinajstić information content (AvgIpc) is 3.09. The summed E-state index contributed by atoms with van der Waals surface area (Å²) in [4.78, 5) is 16.4. The van der Waals surface area contributed by atoms with Crippen LogP contribution in [0.1, 0.15) is 37.8 Å². The van der Waals surface area contributed by atoms with Crippen molar-refractivity contribution >= 4 is 12.1 Å². The number of carbonyl (C=O) groups excluding carboxylic acids is 1. The van der Waals surface area contributed by atoms with Crippen molar-refractivity contribution in [3.8, 4) is 11.1 Å². The Morgan fingerprint density at radius 2 is 2.03 bits per heavy atom. The summed E-state index contributed by atoms with van der Waals surface area (Å²) in [6.07, 6.45) is 12.2. The number of hydrogen-bond donors (Lipinski definition) is 2. The van der Waals surface area contributed by atoms with Gasteiger partial charge >= 0.3 is 6.03 Å². The number of rotatable bonds is 4. The van der Waals surface area contributed by atoms with E-state index in [2.05, 4.69) is 27.8 Å². The normalized spacial score (nSPS) is 26.3. The molecule has 0 spiro atoms. The molecular formula is C24H28FN3O. The maximum atomic E-state index is 13.4. The molecule has 0 radical (unpaired) electrons. The van der Waals surface area contributed by atoms with Crippen LogP contribution in [0.25, 0.3) is 17.2 Å². The molecule has 2 saturated carbocycles. The molecule has 4 rings (SSSR count). The van der Waals surface area contributed by atoms with Crippen LogP contribution in [-0.2, 0) is 0 Å². The van der Waals surface area contributed by atoms with Crippen molar-refractivity contribution in [3.05, 3.63) is 60.2 Å². The summed E-state index contributed by atoms with van der Waals surface area (Å²) in [5, 5.41) is 5.83. The van der Waals surface area contributed by atoms with Crippen LogP contribution in [0.4, 0.5) is 9.18 Å². The van der Waals surface area contributed by atoms with Gasteiger partial charge in [-0.25, -0.2) is 9.18 Å². The van der Waals surface area contributed by atoms with Gasteiger partial charge in [-0.15, -0.1) is 0 Å². The number of urea groups is 1. The van der Waals surface area contributed by atoms with E-state index < -0.39 is 0 Å². The minimum atomic E-state index is -0.246. The van der Waals surface area contributed by atoms with Crippen molar-refractivity contribution in [2.45, 2.75) is 38.1 Å². The molecule has 0 aliphatic heterocycles. The molecule has 1 heterocycles. The Balaban J connectivity index is 1.50. The zero-order valence-corrected chi connectivity index (χ0v) is 16.8. The lowest BCUT2D eigenvalue weighted by molar-refractivity contribution is 0.233. The van der Waals surface area contributed by atoms with E-state index in [0.717, 1.165) is 23.2 Å². The van der Waals surface area contributed by atoms with E-state index >= 15 is 0 Å². The fourth-order valence-electron chi connectivity index (χ4n) is 5.04. The van der Waals surface area contributed by atoms with Crippen LogP contribution in [0.2, 0.25) is 0 Å². The summed E-state index contributed by atoms with van der Waals surface area (Å²) in [6, 6.07) is 10.5. The van der Waals surface area contributed by atoms with Gasteiger partial charge in [-0.05, 0) is 54.5 Å². The maximum Gasteiger partial charge on any atom is 0.314 e. The fraction of sp³-hybridized carbons (Fsp3) is 0.417. The van der Waals surface area contributed by atoms with Crippen molar-refractivity contribution in [2.24, 2.45) is 17.8 Å². The molecule has 2 amide bonds.